The maximum Gasteiger partial charge on any atom is 0.316 e. The molecule has 0 atom stereocenters. The van der Waals surface area contributed by atoms with Gasteiger partial charge in [-0.15, -0.1) is 11.3 Å². The lowest BCUT2D eigenvalue weighted by molar-refractivity contribution is -0.143. The Morgan fingerprint density at radius 2 is 2.00 bits per heavy atom. The van der Waals surface area contributed by atoms with Gasteiger partial charge < -0.3 is 9.47 Å². The standard InChI is InChI=1S/C18H20O4S/c1-6-11-7-13(22-17(20)18(2,3)4)9-14-16(11)12(10-23-14)8-15(19)21-5/h6-7,9-10H,1,8H2,2-5H3. The summed E-state index contributed by atoms with van der Waals surface area (Å²) < 4.78 is 11.1. The Morgan fingerprint density at radius 1 is 1.30 bits per heavy atom. The summed E-state index contributed by atoms with van der Waals surface area (Å²) in [7, 11) is 1.37. The fourth-order valence-electron chi connectivity index (χ4n) is 2.08. The number of benzene rings is 1. The molecule has 1 heterocycles. The highest BCUT2D eigenvalue weighted by molar-refractivity contribution is 7.17. The first kappa shape index (κ1) is 17.2. The normalized spacial score (nSPS) is 11.3. The SMILES string of the molecule is C=Cc1cc(OC(=O)C(C)(C)C)cc2scc(CC(=O)OC)c12. The molecule has 0 aliphatic carbocycles. The minimum atomic E-state index is -0.575. The largest absolute Gasteiger partial charge is 0.469 e. The number of methoxy groups -OCH3 is 1. The second-order valence-corrected chi connectivity index (χ2v) is 7.15. The molecule has 0 bridgehead atoms. The number of hydrogen-bond acceptors (Lipinski definition) is 5. The van der Waals surface area contributed by atoms with Crippen LogP contribution in [0.2, 0.25) is 0 Å². The minimum Gasteiger partial charge on any atom is -0.469 e. The molecule has 1 aromatic carbocycles. The lowest BCUT2D eigenvalue weighted by Gasteiger charge is -2.16. The van der Waals surface area contributed by atoms with E-state index in [1.54, 1.807) is 12.1 Å². The van der Waals surface area contributed by atoms with Gasteiger partial charge in [0.25, 0.3) is 0 Å². The Hall–Kier alpha value is -2.14. The van der Waals surface area contributed by atoms with Crippen molar-refractivity contribution < 1.29 is 19.1 Å². The molecule has 0 saturated carbocycles. The topological polar surface area (TPSA) is 52.6 Å². The molecule has 5 heteroatoms. The van der Waals surface area contributed by atoms with E-state index >= 15 is 0 Å². The van der Waals surface area contributed by atoms with Crippen molar-refractivity contribution in [3.05, 3.63) is 35.2 Å². The maximum absolute atomic E-state index is 12.1. The number of hydrogen-bond donors (Lipinski definition) is 0. The van der Waals surface area contributed by atoms with Crippen LogP contribution in [0.3, 0.4) is 0 Å². The molecule has 2 aromatic rings. The van der Waals surface area contributed by atoms with Crippen molar-refractivity contribution >= 4 is 39.4 Å². The average molecular weight is 332 g/mol. The van der Waals surface area contributed by atoms with Crippen LogP contribution in [0.5, 0.6) is 5.75 Å². The van der Waals surface area contributed by atoms with Gasteiger partial charge in [0, 0.05) is 10.1 Å². The second kappa shape index (κ2) is 6.54. The van der Waals surface area contributed by atoms with Crippen LogP contribution in [0.25, 0.3) is 16.2 Å². The summed E-state index contributed by atoms with van der Waals surface area (Å²) in [6, 6.07) is 3.59. The van der Waals surface area contributed by atoms with Gasteiger partial charge >= 0.3 is 11.9 Å². The van der Waals surface area contributed by atoms with Crippen LogP contribution in [0.4, 0.5) is 0 Å². The molecule has 4 nitrogen and oxygen atoms in total. The second-order valence-electron chi connectivity index (χ2n) is 6.24. The molecule has 0 N–H and O–H groups in total. The highest BCUT2D eigenvalue weighted by atomic mass is 32.1. The molecule has 0 spiro atoms. The van der Waals surface area contributed by atoms with Gasteiger partial charge in [-0.05, 0) is 49.4 Å². The number of rotatable bonds is 4. The molecule has 1 aromatic heterocycles. The van der Waals surface area contributed by atoms with E-state index in [2.05, 4.69) is 6.58 Å². The van der Waals surface area contributed by atoms with Crippen LogP contribution < -0.4 is 4.74 Å². The van der Waals surface area contributed by atoms with Gasteiger partial charge in [0.1, 0.15) is 5.75 Å². The first-order chi connectivity index (χ1) is 10.8. The number of thiophene rings is 1. The molecular weight excluding hydrogens is 312 g/mol. The Labute approximate surface area is 139 Å². The van der Waals surface area contributed by atoms with Crippen molar-refractivity contribution in [3.63, 3.8) is 0 Å². The summed E-state index contributed by atoms with van der Waals surface area (Å²) in [6.07, 6.45) is 1.91. The van der Waals surface area contributed by atoms with Crippen molar-refractivity contribution in [2.75, 3.05) is 7.11 Å². The highest BCUT2D eigenvalue weighted by Gasteiger charge is 2.24. The highest BCUT2D eigenvalue weighted by Crippen LogP contribution is 2.35. The van der Waals surface area contributed by atoms with Gasteiger partial charge in [0.15, 0.2) is 0 Å². The van der Waals surface area contributed by atoms with Crippen molar-refractivity contribution in [2.45, 2.75) is 27.2 Å². The quantitative estimate of drug-likeness (QED) is 0.621. The molecule has 122 valence electrons. The Balaban J connectivity index is 2.44. The minimum absolute atomic E-state index is 0.207. The fourth-order valence-corrected chi connectivity index (χ4v) is 3.10. The van der Waals surface area contributed by atoms with Crippen LogP contribution in [-0.2, 0) is 20.7 Å². The van der Waals surface area contributed by atoms with Gasteiger partial charge in [-0.3, -0.25) is 9.59 Å². The lowest BCUT2D eigenvalue weighted by atomic mass is 9.97. The predicted molar refractivity (Wildman–Crippen MR) is 92.7 cm³/mol. The summed E-state index contributed by atoms with van der Waals surface area (Å²) in [6.45, 7) is 9.24. The lowest BCUT2D eigenvalue weighted by Crippen LogP contribution is -2.25. The summed E-state index contributed by atoms with van der Waals surface area (Å²) in [4.78, 5) is 23.6. The van der Waals surface area contributed by atoms with E-state index in [1.807, 2.05) is 32.2 Å². The third-order valence-electron chi connectivity index (χ3n) is 3.36. The Kier molecular flexibility index (Phi) is 4.90. The Bertz CT molecular complexity index is 765. The van der Waals surface area contributed by atoms with Gasteiger partial charge in [-0.25, -0.2) is 0 Å². The molecule has 0 amide bonds. The van der Waals surface area contributed by atoms with Crippen LogP contribution in [-0.4, -0.2) is 19.0 Å². The molecule has 23 heavy (non-hydrogen) atoms. The first-order valence-electron chi connectivity index (χ1n) is 7.22. The van der Waals surface area contributed by atoms with Crippen molar-refractivity contribution in [1.29, 1.82) is 0 Å². The molecule has 0 saturated heterocycles. The first-order valence-corrected chi connectivity index (χ1v) is 8.10. The number of fused-ring (bicyclic) bond motifs is 1. The van der Waals surface area contributed by atoms with Gasteiger partial charge in [-0.2, -0.15) is 0 Å². The summed E-state index contributed by atoms with van der Waals surface area (Å²) in [5.41, 5.74) is 1.15. The van der Waals surface area contributed by atoms with E-state index in [4.69, 9.17) is 9.47 Å². The molecule has 0 radical (unpaired) electrons. The smallest absolute Gasteiger partial charge is 0.316 e. The van der Waals surface area contributed by atoms with Crippen LogP contribution in [0.1, 0.15) is 31.9 Å². The molecule has 0 aliphatic heterocycles. The van der Waals surface area contributed by atoms with E-state index in [0.29, 0.717) is 5.75 Å². The van der Waals surface area contributed by atoms with Crippen molar-refractivity contribution in [3.8, 4) is 5.75 Å². The van der Waals surface area contributed by atoms with Crippen molar-refractivity contribution in [1.82, 2.24) is 0 Å². The fraction of sp³-hybridized carbons (Fsp3) is 0.333. The maximum atomic E-state index is 12.1. The number of ether oxygens (including phenoxy) is 2. The zero-order valence-corrected chi connectivity index (χ0v) is 14.6. The predicted octanol–water partition coefficient (Wildman–Crippen LogP) is 4.21. The third kappa shape index (κ3) is 3.79. The zero-order chi connectivity index (χ0) is 17.2. The van der Waals surface area contributed by atoms with E-state index in [-0.39, 0.29) is 18.4 Å². The van der Waals surface area contributed by atoms with Gasteiger partial charge in [-0.1, -0.05) is 12.7 Å². The summed E-state index contributed by atoms with van der Waals surface area (Å²) in [5, 5.41) is 2.87. The summed E-state index contributed by atoms with van der Waals surface area (Å²) in [5.74, 6) is -0.0973. The van der Waals surface area contributed by atoms with Crippen LogP contribution in [0.15, 0.2) is 24.1 Å². The molecule has 2 rings (SSSR count). The Morgan fingerprint density at radius 3 is 2.57 bits per heavy atom. The molecular formula is C18H20O4S. The van der Waals surface area contributed by atoms with Gasteiger partial charge in [0.05, 0.1) is 18.9 Å². The zero-order valence-electron chi connectivity index (χ0n) is 13.8. The van der Waals surface area contributed by atoms with Crippen LogP contribution in [0, 0.1) is 5.41 Å². The van der Waals surface area contributed by atoms with Gasteiger partial charge in [0.2, 0.25) is 0 Å². The van der Waals surface area contributed by atoms with E-state index in [1.165, 1.54) is 18.4 Å². The molecule has 0 unspecified atom stereocenters. The van der Waals surface area contributed by atoms with Crippen molar-refractivity contribution in [2.24, 2.45) is 5.41 Å². The monoisotopic (exact) mass is 332 g/mol. The van der Waals surface area contributed by atoms with E-state index in [9.17, 15) is 9.59 Å². The van der Waals surface area contributed by atoms with E-state index < -0.39 is 5.41 Å². The summed E-state index contributed by atoms with van der Waals surface area (Å²) >= 11 is 1.50. The average Bonchev–Trinajstić information content (AvgIpc) is 2.88. The molecule has 0 fully saturated rings. The number of esters is 2. The van der Waals surface area contributed by atoms with E-state index in [0.717, 1.165) is 21.2 Å². The third-order valence-corrected chi connectivity index (χ3v) is 4.34. The van der Waals surface area contributed by atoms with Crippen LogP contribution >= 0.6 is 11.3 Å². The number of carbonyl (C=O) groups excluding carboxylic acids is 2. The molecule has 0 aliphatic rings. The number of carbonyl (C=O) groups is 2.